The quantitative estimate of drug-likeness (QED) is 0.511. The number of amides is 1. The molecular formula is C16H16Br2N2O2S. The zero-order valence-corrected chi connectivity index (χ0v) is 16.3. The van der Waals surface area contributed by atoms with Gasteiger partial charge in [0.1, 0.15) is 11.4 Å². The molecule has 1 aliphatic carbocycles. The first kappa shape index (κ1) is 16.9. The molecule has 1 amide bonds. The van der Waals surface area contributed by atoms with E-state index in [0.29, 0.717) is 19.8 Å². The summed E-state index contributed by atoms with van der Waals surface area (Å²) in [6, 6.07) is 3.73. The highest BCUT2D eigenvalue weighted by Gasteiger charge is 2.36. The summed E-state index contributed by atoms with van der Waals surface area (Å²) in [4.78, 5) is 14.4. The third-order valence-electron chi connectivity index (χ3n) is 4.20. The highest BCUT2D eigenvalue weighted by Crippen LogP contribution is 2.34. The minimum absolute atomic E-state index is 0.0674. The Bertz CT molecular complexity index is 676. The van der Waals surface area contributed by atoms with Gasteiger partial charge in [0.25, 0.3) is 5.91 Å². The van der Waals surface area contributed by atoms with E-state index in [1.165, 1.54) is 6.42 Å². The van der Waals surface area contributed by atoms with E-state index in [1.54, 1.807) is 23.1 Å². The number of carbonyl (C=O) groups is 1. The molecule has 0 bridgehead atoms. The van der Waals surface area contributed by atoms with Crippen LogP contribution in [0, 0.1) is 0 Å². The number of aromatic hydroxyl groups is 1. The average Bonchev–Trinajstić information content (AvgIpc) is 2.80. The van der Waals surface area contributed by atoms with E-state index in [2.05, 4.69) is 37.2 Å². The first-order valence-electron chi connectivity index (χ1n) is 7.51. The highest BCUT2D eigenvalue weighted by atomic mass is 79.9. The Balaban J connectivity index is 1.86. The van der Waals surface area contributed by atoms with E-state index in [-0.39, 0.29) is 17.7 Å². The van der Waals surface area contributed by atoms with Crippen molar-refractivity contribution in [2.75, 3.05) is 0 Å². The number of halogens is 2. The molecule has 4 nitrogen and oxygen atoms in total. The Morgan fingerprint density at radius 3 is 2.43 bits per heavy atom. The number of nitrogens with zero attached hydrogens (tertiary/aromatic N) is 1. The molecule has 1 aromatic carbocycles. The second-order valence-corrected chi connectivity index (χ2v) is 7.88. The molecule has 2 aliphatic rings. The minimum atomic E-state index is -0.0674. The topological polar surface area (TPSA) is 52.6 Å². The number of benzene rings is 1. The zero-order chi connectivity index (χ0) is 16.6. The second kappa shape index (κ2) is 6.91. The first-order valence-corrected chi connectivity index (χ1v) is 9.51. The lowest BCUT2D eigenvalue weighted by atomic mass is 9.94. The Morgan fingerprint density at radius 2 is 1.83 bits per heavy atom. The third kappa shape index (κ3) is 3.46. The van der Waals surface area contributed by atoms with Gasteiger partial charge in [-0.3, -0.25) is 9.69 Å². The summed E-state index contributed by atoms with van der Waals surface area (Å²) < 4.78 is 1.13. The third-order valence-corrected chi connectivity index (χ3v) is 5.71. The molecule has 23 heavy (non-hydrogen) atoms. The van der Waals surface area contributed by atoms with Crippen molar-refractivity contribution >= 4 is 61.2 Å². The van der Waals surface area contributed by atoms with Gasteiger partial charge in [-0.25, -0.2) is 0 Å². The van der Waals surface area contributed by atoms with Gasteiger partial charge in [0.2, 0.25) is 0 Å². The zero-order valence-electron chi connectivity index (χ0n) is 12.3. The maximum absolute atomic E-state index is 12.7. The minimum Gasteiger partial charge on any atom is -0.506 e. The van der Waals surface area contributed by atoms with Crippen LogP contribution in [-0.2, 0) is 4.79 Å². The average molecular weight is 460 g/mol. The van der Waals surface area contributed by atoms with Crippen LogP contribution in [-0.4, -0.2) is 27.1 Å². The Morgan fingerprint density at radius 1 is 1.22 bits per heavy atom. The molecule has 1 aromatic rings. The van der Waals surface area contributed by atoms with Crippen molar-refractivity contribution in [1.29, 1.82) is 0 Å². The molecule has 1 saturated carbocycles. The lowest BCUT2D eigenvalue weighted by Gasteiger charge is -2.29. The molecule has 1 aliphatic heterocycles. The lowest BCUT2D eigenvalue weighted by Crippen LogP contribution is -2.41. The molecule has 0 aromatic heterocycles. The van der Waals surface area contributed by atoms with Crippen molar-refractivity contribution in [2.45, 2.75) is 38.1 Å². The van der Waals surface area contributed by atoms with Crippen molar-refractivity contribution in [2.24, 2.45) is 0 Å². The number of phenolic OH excluding ortho intramolecular Hbond substituents is 1. The molecule has 2 N–H and O–H groups in total. The summed E-state index contributed by atoms with van der Waals surface area (Å²) >= 11 is 12.0. The molecule has 0 atom stereocenters. The fourth-order valence-electron chi connectivity index (χ4n) is 3.05. The van der Waals surface area contributed by atoms with Gasteiger partial charge >= 0.3 is 0 Å². The number of hydrogen-bond acceptors (Lipinski definition) is 3. The van der Waals surface area contributed by atoms with Crippen LogP contribution < -0.4 is 5.32 Å². The second-order valence-electron chi connectivity index (χ2n) is 5.79. The van der Waals surface area contributed by atoms with E-state index in [1.807, 2.05) is 0 Å². The molecule has 1 heterocycles. The van der Waals surface area contributed by atoms with Crippen LogP contribution in [0.2, 0.25) is 0 Å². The summed E-state index contributed by atoms with van der Waals surface area (Å²) in [5.74, 6) is 0.0689. The van der Waals surface area contributed by atoms with Gasteiger partial charge in [-0.2, -0.15) is 0 Å². The molecule has 0 unspecified atom stereocenters. The van der Waals surface area contributed by atoms with E-state index in [0.717, 1.165) is 31.2 Å². The molecule has 3 rings (SSSR count). The normalized spacial score (nSPS) is 21.1. The Labute approximate surface area is 157 Å². The van der Waals surface area contributed by atoms with Crippen LogP contribution in [0.3, 0.4) is 0 Å². The van der Waals surface area contributed by atoms with E-state index < -0.39 is 0 Å². The van der Waals surface area contributed by atoms with Gasteiger partial charge in [0.15, 0.2) is 5.11 Å². The van der Waals surface area contributed by atoms with Crippen molar-refractivity contribution in [3.63, 3.8) is 0 Å². The number of thiocarbonyl (C=S) groups is 1. The number of rotatable bonds is 2. The van der Waals surface area contributed by atoms with Crippen molar-refractivity contribution < 1.29 is 9.90 Å². The predicted octanol–water partition coefficient (Wildman–Crippen LogP) is 4.31. The molecular weight excluding hydrogens is 444 g/mol. The van der Waals surface area contributed by atoms with E-state index in [4.69, 9.17) is 12.2 Å². The van der Waals surface area contributed by atoms with Gasteiger partial charge in [0.05, 0.1) is 8.95 Å². The summed E-state index contributed by atoms with van der Waals surface area (Å²) in [5.41, 5.74) is 1.27. The van der Waals surface area contributed by atoms with Crippen LogP contribution in [0.4, 0.5) is 0 Å². The van der Waals surface area contributed by atoms with Gasteiger partial charge in [-0.05, 0) is 80.7 Å². The summed E-state index contributed by atoms with van der Waals surface area (Å²) in [7, 11) is 0. The van der Waals surface area contributed by atoms with Gasteiger partial charge in [-0.15, -0.1) is 0 Å². The molecule has 2 fully saturated rings. The first-order chi connectivity index (χ1) is 11.0. The van der Waals surface area contributed by atoms with Crippen LogP contribution >= 0.6 is 44.1 Å². The maximum atomic E-state index is 12.7. The maximum Gasteiger partial charge on any atom is 0.276 e. The number of hydrogen-bond donors (Lipinski definition) is 2. The largest absolute Gasteiger partial charge is 0.506 e. The van der Waals surface area contributed by atoms with Crippen molar-refractivity contribution in [1.82, 2.24) is 10.2 Å². The van der Waals surface area contributed by atoms with Crippen LogP contribution in [0.15, 0.2) is 26.8 Å². The molecule has 7 heteroatoms. The van der Waals surface area contributed by atoms with Gasteiger partial charge in [-0.1, -0.05) is 19.3 Å². The molecule has 0 radical (unpaired) electrons. The lowest BCUT2D eigenvalue weighted by molar-refractivity contribution is -0.124. The molecule has 0 spiro atoms. The van der Waals surface area contributed by atoms with Crippen molar-refractivity contribution in [3.05, 3.63) is 32.3 Å². The van der Waals surface area contributed by atoms with Crippen LogP contribution in [0.1, 0.15) is 37.7 Å². The van der Waals surface area contributed by atoms with Crippen molar-refractivity contribution in [3.8, 4) is 5.75 Å². The summed E-state index contributed by atoms with van der Waals surface area (Å²) in [6.07, 6.45) is 7.31. The molecule has 122 valence electrons. The fraction of sp³-hybridized carbons (Fsp3) is 0.375. The van der Waals surface area contributed by atoms with E-state index >= 15 is 0 Å². The Hall–Kier alpha value is -0.920. The van der Waals surface area contributed by atoms with Crippen LogP contribution in [0.5, 0.6) is 5.75 Å². The smallest absolute Gasteiger partial charge is 0.276 e. The highest BCUT2D eigenvalue weighted by molar-refractivity contribution is 9.11. The molecule has 1 saturated heterocycles. The fourth-order valence-corrected chi connectivity index (χ4v) is 4.62. The Kier molecular flexibility index (Phi) is 5.08. The predicted molar refractivity (Wildman–Crippen MR) is 101 cm³/mol. The summed E-state index contributed by atoms with van der Waals surface area (Å²) in [6.45, 7) is 0. The van der Waals surface area contributed by atoms with E-state index in [9.17, 15) is 9.90 Å². The number of carbonyl (C=O) groups excluding carboxylic acids is 1. The van der Waals surface area contributed by atoms with Gasteiger partial charge < -0.3 is 10.4 Å². The number of phenols is 1. The standard InChI is InChI=1S/C16H16Br2N2O2S/c17-11-6-9(7-12(18)14(11)21)8-13-15(22)20(16(23)19-13)10-4-2-1-3-5-10/h6-8,10,21H,1-5H2,(H,19,23)/b13-8-. The van der Waals surface area contributed by atoms with Crippen LogP contribution in [0.25, 0.3) is 6.08 Å². The number of nitrogens with one attached hydrogen (secondary N) is 1. The SMILES string of the molecule is O=C1/C(=C/c2cc(Br)c(O)c(Br)c2)NC(=S)N1C1CCCCC1. The summed E-state index contributed by atoms with van der Waals surface area (Å²) in [5, 5.41) is 13.3. The monoisotopic (exact) mass is 458 g/mol. The van der Waals surface area contributed by atoms with Gasteiger partial charge in [0, 0.05) is 6.04 Å².